The van der Waals surface area contributed by atoms with Crippen molar-refractivity contribution < 1.29 is 9.60 Å². The molecule has 0 aliphatic carbocycles. The van der Waals surface area contributed by atoms with Gasteiger partial charge in [0.05, 0.1) is 11.8 Å². The lowest BCUT2D eigenvalue weighted by Crippen LogP contribution is -2.05. The molecule has 0 saturated heterocycles. The van der Waals surface area contributed by atoms with Crippen LogP contribution < -0.4 is 10.2 Å². The molecule has 0 aliphatic heterocycles. The number of pyridine rings is 1. The van der Waals surface area contributed by atoms with Crippen molar-refractivity contribution in [3.63, 3.8) is 0 Å². The molecular weight excluding hydrogens is 208 g/mol. The Morgan fingerprint density at radius 1 is 1.50 bits per heavy atom. The highest BCUT2D eigenvalue weighted by atomic mass is 16.5. The number of rotatable bonds is 6. The fraction of sp³-hybridized carbons (Fsp3) is 0.500. The molecule has 1 aromatic heterocycles. The van der Waals surface area contributed by atoms with Crippen molar-refractivity contribution in [1.29, 1.82) is 0 Å². The summed E-state index contributed by atoms with van der Waals surface area (Å²) in [5.41, 5.74) is 2.58. The molecule has 0 unspecified atom stereocenters. The Labute approximate surface area is 94.5 Å². The van der Waals surface area contributed by atoms with Crippen molar-refractivity contribution >= 4 is 5.82 Å². The summed E-state index contributed by atoms with van der Waals surface area (Å²) in [6.07, 6.45) is 0.751. The zero-order valence-corrected chi connectivity index (χ0v) is 9.51. The maximum atomic E-state index is 11.1. The minimum absolute atomic E-state index is 0.359. The molecule has 0 saturated carbocycles. The summed E-state index contributed by atoms with van der Waals surface area (Å²) in [4.78, 5) is 4.69. The molecule has 1 heterocycles. The van der Waals surface area contributed by atoms with Gasteiger partial charge in [-0.05, 0) is 13.3 Å². The molecule has 16 heavy (non-hydrogen) atoms. The van der Waals surface area contributed by atoms with Gasteiger partial charge in [0.15, 0.2) is 0 Å². The first-order chi connectivity index (χ1) is 7.76. The molecule has 0 atom stereocenters. The smallest absolute Gasteiger partial charge is 0.242 e. The Morgan fingerprint density at radius 3 is 3.00 bits per heavy atom. The maximum absolute atomic E-state index is 11.1. The van der Waals surface area contributed by atoms with Crippen LogP contribution in [0.4, 0.5) is 5.82 Å². The molecule has 1 aromatic rings. The Kier molecular flexibility index (Phi) is 5.04. The van der Waals surface area contributed by atoms with Crippen LogP contribution in [0.1, 0.15) is 20.3 Å². The zero-order valence-electron chi connectivity index (χ0n) is 9.51. The van der Waals surface area contributed by atoms with Crippen molar-refractivity contribution in [2.45, 2.75) is 20.3 Å². The third-order valence-corrected chi connectivity index (χ3v) is 1.71. The molecule has 0 amide bonds. The minimum atomic E-state index is 0.359. The lowest BCUT2D eigenvalue weighted by atomic mass is 10.4. The normalized spacial score (nSPS) is 11.2. The predicted molar refractivity (Wildman–Crippen MR) is 60.2 cm³/mol. The van der Waals surface area contributed by atoms with E-state index < -0.39 is 0 Å². The predicted octanol–water partition coefficient (Wildman–Crippen LogP) is 2.18. The van der Waals surface area contributed by atoms with Gasteiger partial charge in [0.2, 0.25) is 11.7 Å². The second-order valence-corrected chi connectivity index (χ2v) is 3.08. The molecule has 0 bridgehead atoms. The number of hydrogen-bond donors (Lipinski definition) is 1. The highest BCUT2D eigenvalue weighted by molar-refractivity contribution is 5.35. The molecule has 6 heteroatoms. The van der Waals surface area contributed by atoms with Crippen molar-refractivity contribution in [2.75, 3.05) is 18.6 Å². The van der Waals surface area contributed by atoms with Crippen LogP contribution in [0.2, 0.25) is 0 Å². The number of aromatic nitrogens is 1. The number of nitrogens with zero attached hydrogens (tertiary/aromatic N) is 3. The van der Waals surface area contributed by atoms with Gasteiger partial charge in [0.1, 0.15) is 6.54 Å². The summed E-state index contributed by atoms with van der Waals surface area (Å²) >= 11 is 0. The molecule has 0 fully saturated rings. The van der Waals surface area contributed by atoms with Gasteiger partial charge in [-0.25, -0.2) is 0 Å². The van der Waals surface area contributed by atoms with Gasteiger partial charge in [0, 0.05) is 12.1 Å². The standard InChI is InChI=1S/C10H16N4O2/c1-3-8-14(15)13-12-9-6-5-7-10(11-9)16-4-2/h5-7H,3-4,8H2,1-2H3,(H,11,12)/b14-13-. The van der Waals surface area contributed by atoms with E-state index in [2.05, 4.69) is 15.6 Å². The maximum Gasteiger partial charge on any atom is 0.242 e. The van der Waals surface area contributed by atoms with Crippen molar-refractivity contribution in [3.05, 3.63) is 23.4 Å². The quantitative estimate of drug-likeness (QED) is 0.456. The Morgan fingerprint density at radius 2 is 2.31 bits per heavy atom. The van der Waals surface area contributed by atoms with E-state index in [9.17, 15) is 5.21 Å². The number of nitrogens with one attached hydrogen (secondary N) is 1. The van der Waals surface area contributed by atoms with Crippen LogP contribution in [0.3, 0.4) is 0 Å². The van der Waals surface area contributed by atoms with E-state index in [4.69, 9.17) is 4.74 Å². The summed E-state index contributed by atoms with van der Waals surface area (Å²) in [5.74, 6) is 0.999. The van der Waals surface area contributed by atoms with Gasteiger partial charge in [-0.15, -0.1) is 5.43 Å². The fourth-order valence-electron chi connectivity index (χ4n) is 1.05. The van der Waals surface area contributed by atoms with E-state index in [1.807, 2.05) is 13.8 Å². The van der Waals surface area contributed by atoms with Crippen LogP contribution >= 0.6 is 0 Å². The van der Waals surface area contributed by atoms with Crippen LogP contribution in [-0.4, -0.2) is 23.0 Å². The Hall–Kier alpha value is -1.85. The first-order valence-corrected chi connectivity index (χ1v) is 5.27. The topological polar surface area (TPSA) is 72.6 Å². The van der Waals surface area contributed by atoms with Crippen LogP contribution in [-0.2, 0) is 0 Å². The average molecular weight is 224 g/mol. The van der Waals surface area contributed by atoms with E-state index >= 15 is 0 Å². The van der Waals surface area contributed by atoms with Crippen LogP contribution in [0.25, 0.3) is 0 Å². The van der Waals surface area contributed by atoms with Crippen molar-refractivity contribution in [2.24, 2.45) is 5.22 Å². The molecule has 6 nitrogen and oxygen atoms in total. The number of hydroxylamine groups is 1. The summed E-state index contributed by atoms with van der Waals surface area (Å²) in [6.45, 7) is 4.70. The summed E-state index contributed by atoms with van der Waals surface area (Å²) in [6, 6.07) is 5.24. The molecule has 0 aromatic carbocycles. The highest BCUT2D eigenvalue weighted by Crippen LogP contribution is 2.11. The first kappa shape index (κ1) is 12.2. The number of ether oxygens (including phenoxy) is 1. The molecule has 1 N–H and O–H groups in total. The van der Waals surface area contributed by atoms with Crippen LogP contribution in [0, 0.1) is 5.21 Å². The van der Waals surface area contributed by atoms with Gasteiger partial charge in [-0.1, -0.05) is 13.0 Å². The second kappa shape index (κ2) is 6.60. The van der Waals surface area contributed by atoms with Gasteiger partial charge in [-0.3, -0.25) is 0 Å². The fourth-order valence-corrected chi connectivity index (χ4v) is 1.05. The van der Waals surface area contributed by atoms with E-state index in [1.54, 1.807) is 18.2 Å². The van der Waals surface area contributed by atoms with Gasteiger partial charge in [0.25, 0.3) is 0 Å². The molecule has 88 valence electrons. The molecule has 0 spiro atoms. The largest absolute Gasteiger partial charge is 0.696 e. The Balaban J connectivity index is 2.59. The zero-order chi connectivity index (χ0) is 11.8. The lowest BCUT2D eigenvalue weighted by molar-refractivity contribution is -0.528. The van der Waals surface area contributed by atoms with Crippen molar-refractivity contribution in [1.82, 2.24) is 4.98 Å². The van der Waals surface area contributed by atoms with Crippen LogP contribution in [0.15, 0.2) is 23.4 Å². The lowest BCUT2D eigenvalue weighted by Gasteiger charge is -2.04. The number of hydrogen-bond acceptors (Lipinski definition) is 4. The SMILES string of the molecule is CCC/[N+]([O-])=N/Nc1cccc(OCC)n1. The van der Waals surface area contributed by atoms with Gasteiger partial charge >= 0.3 is 0 Å². The van der Waals surface area contributed by atoms with Gasteiger partial charge < -0.3 is 9.94 Å². The average Bonchev–Trinajstić information content (AvgIpc) is 2.28. The minimum Gasteiger partial charge on any atom is -0.696 e. The second-order valence-electron chi connectivity index (χ2n) is 3.08. The third-order valence-electron chi connectivity index (χ3n) is 1.71. The summed E-state index contributed by atoms with van der Waals surface area (Å²) in [7, 11) is 0. The number of anilines is 1. The van der Waals surface area contributed by atoms with E-state index in [1.165, 1.54) is 0 Å². The van der Waals surface area contributed by atoms with Crippen LogP contribution in [0.5, 0.6) is 5.88 Å². The summed E-state index contributed by atoms with van der Waals surface area (Å²) < 4.78 is 5.22. The highest BCUT2D eigenvalue weighted by Gasteiger charge is 2.00. The van der Waals surface area contributed by atoms with E-state index in [-0.39, 0.29) is 0 Å². The van der Waals surface area contributed by atoms with E-state index in [0.29, 0.717) is 29.7 Å². The van der Waals surface area contributed by atoms with E-state index in [0.717, 1.165) is 6.42 Å². The first-order valence-electron chi connectivity index (χ1n) is 5.27. The summed E-state index contributed by atoms with van der Waals surface area (Å²) in [5, 5.41) is 14.7. The van der Waals surface area contributed by atoms with Crippen molar-refractivity contribution in [3.8, 4) is 5.88 Å². The molecule has 0 radical (unpaired) electrons. The molecule has 1 rings (SSSR count). The monoisotopic (exact) mass is 224 g/mol. The van der Waals surface area contributed by atoms with Gasteiger partial charge in [-0.2, -0.15) is 9.84 Å². The molecule has 0 aliphatic rings. The third kappa shape index (κ3) is 4.12. The molecular formula is C10H16N4O2. The Bertz CT molecular complexity index is 354.